The van der Waals surface area contributed by atoms with Gasteiger partial charge >= 0.3 is 0 Å². The second kappa shape index (κ2) is 9.06. The van der Waals surface area contributed by atoms with Gasteiger partial charge in [-0.15, -0.1) is 0 Å². The number of nitrogens with one attached hydrogen (secondary N) is 3. The maximum Gasteiger partial charge on any atom is 0.186 e. The molecule has 4 N–H and O–H groups in total. The molecular weight excluding hydrogens is 318 g/mol. The van der Waals surface area contributed by atoms with Crippen molar-refractivity contribution in [1.82, 2.24) is 16.2 Å². The maximum atomic E-state index is 9.40. The number of phenolic OH excluding ortho intramolecular Hbond substituents is 1. The molecule has 22 heavy (non-hydrogen) atoms. The van der Waals surface area contributed by atoms with Crippen LogP contribution in [0.2, 0.25) is 0 Å². The van der Waals surface area contributed by atoms with Crippen molar-refractivity contribution in [2.24, 2.45) is 10.2 Å². The van der Waals surface area contributed by atoms with Crippen LogP contribution in [0.3, 0.4) is 0 Å². The van der Waals surface area contributed by atoms with Gasteiger partial charge in [0.25, 0.3) is 0 Å². The number of thiocarbonyl (C=S) groups is 2. The van der Waals surface area contributed by atoms with Gasteiger partial charge in [-0.2, -0.15) is 10.2 Å². The molecule has 1 rings (SSSR count). The van der Waals surface area contributed by atoms with Crippen LogP contribution in [0.15, 0.2) is 34.5 Å². The Bertz CT molecular complexity index is 596. The second-order valence-corrected chi connectivity index (χ2v) is 5.19. The number of hydrogen-bond acceptors (Lipinski definition) is 5. The van der Waals surface area contributed by atoms with Crippen molar-refractivity contribution in [3.8, 4) is 5.75 Å². The number of aromatic hydroxyl groups is 1. The van der Waals surface area contributed by atoms with Gasteiger partial charge in [0.05, 0.1) is 10.7 Å². The lowest BCUT2D eigenvalue weighted by atomic mass is 10.1. The average molecular weight is 337 g/mol. The van der Waals surface area contributed by atoms with E-state index in [0.717, 1.165) is 5.56 Å². The average Bonchev–Trinajstić information content (AvgIpc) is 2.53. The molecule has 1 aromatic rings. The summed E-state index contributed by atoms with van der Waals surface area (Å²) in [6, 6.07) is 6.65. The van der Waals surface area contributed by atoms with Gasteiger partial charge < -0.3 is 10.4 Å². The van der Waals surface area contributed by atoms with E-state index < -0.39 is 0 Å². The normalized spacial score (nSPS) is 11.8. The fourth-order valence-corrected chi connectivity index (χ4v) is 1.51. The summed E-state index contributed by atoms with van der Waals surface area (Å²) in [4.78, 5) is 0.642. The van der Waals surface area contributed by atoms with Gasteiger partial charge in [0.1, 0.15) is 11.5 Å². The number of nitrogens with zero attached hydrogens (tertiary/aromatic N) is 2. The zero-order valence-corrected chi connectivity index (χ0v) is 14.3. The lowest BCUT2D eigenvalue weighted by Crippen LogP contribution is -2.31. The third-order valence-corrected chi connectivity index (χ3v) is 3.32. The van der Waals surface area contributed by atoms with Crippen molar-refractivity contribution in [1.29, 1.82) is 0 Å². The third-order valence-electron chi connectivity index (χ3n) is 2.65. The summed E-state index contributed by atoms with van der Waals surface area (Å²) in [5.74, 6) is 0.182. The Kier molecular flexibility index (Phi) is 7.41. The van der Waals surface area contributed by atoms with E-state index in [1.165, 1.54) is 0 Å². The highest BCUT2D eigenvalue weighted by Crippen LogP contribution is 2.11. The molecule has 8 heteroatoms. The molecule has 0 aliphatic heterocycles. The number of hydrogen-bond donors (Lipinski definition) is 4. The SMILES string of the molecule is CCC(=S)NN=C(C)C(=NNC(=S)NC)c1ccc(O)cc1. The third kappa shape index (κ3) is 5.74. The van der Waals surface area contributed by atoms with Crippen molar-refractivity contribution in [2.75, 3.05) is 7.05 Å². The molecule has 0 aromatic heterocycles. The van der Waals surface area contributed by atoms with Crippen LogP contribution in [0.4, 0.5) is 0 Å². The molecule has 6 nitrogen and oxygen atoms in total. The van der Waals surface area contributed by atoms with Crippen molar-refractivity contribution in [3.63, 3.8) is 0 Å². The molecule has 0 fully saturated rings. The Morgan fingerprint density at radius 2 is 1.77 bits per heavy atom. The fourth-order valence-electron chi connectivity index (χ4n) is 1.41. The smallest absolute Gasteiger partial charge is 0.186 e. The molecule has 0 atom stereocenters. The summed E-state index contributed by atoms with van der Waals surface area (Å²) < 4.78 is 0. The lowest BCUT2D eigenvalue weighted by molar-refractivity contribution is 0.475. The first-order valence-corrected chi connectivity index (χ1v) is 7.47. The van der Waals surface area contributed by atoms with E-state index in [0.29, 0.717) is 27.9 Å². The van der Waals surface area contributed by atoms with Gasteiger partial charge in [0.2, 0.25) is 0 Å². The van der Waals surface area contributed by atoms with Gasteiger partial charge in [-0.3, -0.25) is 10.9 Å². The molecule has 0 amide bonds. The monoisotopic (exact) mass is 337 g/mol. The molecule has 1 aromatic carbocycles. The number of hydrazone groups is 2. The van der Waals surface area contributed by atoms with Crippen LogP contribution in [-0.4, -0.2) is 33.7 Å². The van der Waals surface area contributed by atoms with Gasteiger partial charge in [0.15, 0.2) is 5.11 Å². The summed E-state index contributed by atoms with van der Waals surface area (Å²) in [5.41, 5.74) is 7.55. The minimum absolute atomic E-state index is 0.182. The molecule has 0 bridgehead atoms. The van der Waals surface area contributed by atoms with E-state index in [1.54, 1.807) is 38.2 Å². The highest BCUT2D eigenvalue weighted by Gasteiger charge is 2.09. The largest absolute Gasteiger partial charge is 0.508 e. The quantitative estimate of drug-likeness (QED) is 0.373. The Morgan fingerprint density at radius 3 is 2.32 bits per heavy atom. The number of benzene rings is 1. The van der Waals surface area contributed by atoms with Crippen molar-refractivity contribution < 1.29 is 5.11 Å². The second-order valence-electron chi connectivity index (χ2n) is 4.28. The Morgan fingerprint density at radius 1 is 1.14 bits per heavy atom. The predicted molar refractivity (Wildman–Crippen MR) is 98.6 cm³/mol. The number of phenols is 1. The van der Waals surface area contributed by atoms with Gasteiger partial charge in [-0.1, -0.05) is 19.1 Å². The maximum absolute atomic E-state index is 9.40. The van der Waals surface area contributed by atoms with E-state index in [1.807, 2.05) is 6.92 Å². The minimum Gasteiger partial charge on any atom is -0.508 e. The van der Waals surface area contributed by atoms with E-state index in [2.05, 4.69) is 26.4 Å². The van der Waals surface area contributed by atoms with E-state index in [-0.39, 0.29) is 5.75 Å². The molecule has 0 saturated carbocycles. The van der Waals surface area contributed by atoms with Crippen LogP contribution in [0.1, 0.15) is 25.8 Å². The topological polar surface area (TPSA) is 81.0 Å². The van der Waals surface area contributed by atoms with Crippen LogP contribution in [0.25, 0.3) is 0 Å². The fraction of sp³-hybridized carbons (Fsp3) is 0.286. The summed E-state index contributed by atoms with van der Waals surface area (Å²) in [7, 11) is 1.70. The van der Waals surface area contributed by atoms with Crippen LogP contribution >= 0.6 is 24.4 Å². The molecular formula is C14H19N5OS2. The predicted octanol–water partition coefficient (Wildman–Crippen LogP) is 1.89. The first-order valence-electron chi connectivity index (χ1n) is 6.66. The van der Waals surface area contributed by atoms with Crippen LogP contribution in [0, 0.1) is 0 Å². The Balaban J connectivity index is 3.07. The highest BCUT2D eigenvalue weighted by molar-refractivity contribution is 7.80. The highest BCUT2D eigenvalue weighted by atomic mass is 32.1. The summed E-state index contributed by atoms with van der Waals surface area (Å²) in [5, 5.41) is 21.1. The minimum atomic E-state index is 0.182. The zero-order valence-electron chi connectivity index (χ0n) is 12.7. The van der Waals surface area contributed by atoms with Crippen LogP contribution < -0.4 is 16.2 Å². The molecule has 0 heterocycles. The molecule has 118 valence electrons. The molecule has 0 saturated heterocycles. The van der Waals surface area contributed by atoms with Gasteiger partial charge in [-0.25, -0.2) is 0 Å². The van der Waals surface area contributed by atoms with Crippen LogP contribution in [0.5, 0.6) is 5.75 Å². The lowest BCUT2D eigenvalue weighted by Gasteiger charge is -2.09. The van der Waals surface area contributed by atoms with E-state index in [4.69, 9.17) is 24.4 Å². The van der Waals surface area contributed by atoms with Crippen molar-refractivity contribution in [3.05, 3.63) is 29.8 Å². The summed E-state index contributed by atoms with van der Waals surface area (Å²) in [6.07, 6.45) is 0.708. The van der Waals surface area contributed by atoms with Gasteiger partial charge in [-0.05, 0) is 49.8 Å². The van der Waals surface area contributed by atoms with Gasteiger partial charge in [0, 0.05) is 12.6 Å². The molecule has 0 unspecified atom stereocenters. The van der Waals surface area contributed by atoms with E-state index in [9.17, 15) is 5.11 Å². The number of rotatable bonds is 5. The standard InChI is InChI=1S/C14H19N5OS2/c1-4-12(21)17-16-9(2)13(18-19-14(22)15-3)10-5-7-11(20)8-6-10/h5-8,20H,4H2,1-3H3,(H,17,21)(H2,15,19,22). The van der Waals surface area contributed by atoms with Crippen molar-refractivity contribution in [2.45, 2.75) is 20.3 Å². The molecule has 0 aliphatic rings. The van der Waals surface area contributed by atoms with Crippen LogP contribution in [-0.2, 0) is 0 Å². The zero-order chi connectivity index (χ0) is 16.5. The molecule has 0 aliphatic carbocycles. The first kappa shape index (κ1) is 18.0. The van der Waals surface area contributed by atoms with Crippen molar-refractivity contribution >= 4 is 46.0 Å². The molecule has 0 radical (unpaired) electrons. The molecule has 0 spiro atoms. The Hall–Kier alpha value is -2.06. The summed E-state index contributed by atoms with van der Waals surface area (Å²) in [6.45, 7) is 3.75. The summed E-state index contributed by atoms with van der Waals surface area (Å²) >= 11 is 10.1. The first-order chi connectivity index (χ1) is 10.5. The Labute approximate surface area is 140 Å². The van der Waals surface area contributed by atoms with E-state index >= 15 is 0 Å².